The number of hydrogen-bond acceptors (Lipinski definition) is 9. The van der Waals surface area contributed by atoms with Crippen molar-refractivity contribution in [2.24, 2.45) is 34.0 Å². The van der Waals surface area contributed by atoms with Crippen molar-refractivity contribution in [2.75, 3.05) is 0 Å². The Morgan fingerprint density at radius 2 is 1.96 bits per heavy atom. The van der Waals surface area contributed by atoms with Crippen LogP contribution in [0.1, 0.15) is 88.4 Å². The van der Waals surface area contributed by atoms with E-state index in [1.165, 1.54) is 0 Å². The molecule has 2 saturated carbocycles. The number of nitrogens with two attached hydrogens (primary N) is 2. The lowest BCUT2D eigenvalue weighted by molar-refractivity contribution is -0.784. The number of rotatable bonds is 12. The van der Waals surface area contributed by atoms with E-state index < -0.39 is 22.1 Å². The summed E-state index contributed by atoms with van der Waals surface area (Å²) in [6.45, 7) is 6.46. The smallest absolute Gasteiger partial charge is 0.312 e. The number of ether oxygens (including phenoxy) is 1. The van der Waals surface area contributed by atoms with Crippen LogP contribution in [-0.2, 0) is 33.9 Å². The van der Waals surface area contributed by atoms with E-state index in [1.54, 1.807) is 0 Å². The van der Waals surface area contributed by atoms with Crippen LogP contribution in [0.4, 0.5) is 0 Å². The van der Waals surface area contributed by atoms with Gasteiger partial charge in [0.1, 0.15) is 18.0 Å². The second kappa shape index (κ2) is 14.3. The lowest BCUT2D eigenvalue weighted by Gasteiger charge is -2.51. The first-order valence-electron chi connectivity index (χ1n) is 16.2. The molecule has 0 spiro atoms. The van der Waals surface area contributed by atoms with Crippen molar-refractivity contribution in [3.8, 4) is 11.1 Å². The largest absolute Gasteiger partial charge is 0.459 e. The first kappa shape index (κ1) is 34.2. The van der Waals surface area contributed by atoms with Gasteiger partial charge in [0, 0.05) is 18.5 Å². The van der Waals surface area contributed by atoms with Crippen LogP contribution in [0.15, 0.2) is 53.6 Å². The quantitative estimate of drug-likeness (QED) is 0.0531. The third kappa shape index (κ3) is 7.54. The van der Waals surface area contributed by atoms with Gasteiger partial charge < -0.3 is 25.4 Å². The average Bonchev–Trinajstić information content (AvgIpc) is 3.31. The Morgan fingerprint density at radius 1 is 1.21 bits per heavy atom. The second-order valence-corrected chi connectivity index (χ2v) is 13.8. The highest BCUT2D eigenvalue weighted by molar-refractivity contribution is 6.30. The number of hydrazone groups is 1. The summed E-state index contributed by atoms with van der Waals surface area (Å²) in [5.41, 5.74) is 4.94. The topological polar surface area (TPSA) is 173 Å². The normalized spacial score (nSPS) is 24.1. The fraction of sp³-hybridized carbons (Fsp3) is 0.500. The molecule has 2 fully saturated rings. The van der Waals surface area contributed by atoms with Gasteiger partial charge in [-0.2, -0.15) is 5.10 Å². The van der Waals surface area contributed by atoms with Crippen LogP contribution in [0.3, 0.4) is 0 Å². The minimum Gasteiger partial charge on any atom is -0.459 e. The van der Waals surface area contributed by atoms with E-state index in [4.69, 9.17) is 32.9 Å². The van der Waals surface area contributed by atoms with Gasteiger partial charge in [0.05, 0.1) is 11.1 Å². The maximum absolute atomic E-state index is 13.7. The molecule has 5 N–H and O–H groups in total. The molecular formula is C34H44ClN7O5. The summed E-state index contributed by atoms with van der Waals surface area (Å²) in [6.07, 6.45) is 5.51. The van der Waals surface area contributed by atoms with Gasteiger partial charge in [-0.1, -0.05) is 80.4 Å². The number of carbonyl (C=O) groups is 1. The summed E-state index contributed by atoms with van der Waals surface area (Å²) < 4.78 is 8.01. The van der Waals surface area contributed by atoms with E-state index in [9.17, 15) is 14.9 Å². The first-order valence-corrected chi connectivity index (χ1v) is 16.5. The third-order valence-corrected chi connectivity index (χ3v) is 9.88. The number of hydrogen-bond donors (Lipinski definition) is 3. The molecule has 5 rings (SSSR count). The molecule has 0 amide bonds. The van der Waals surface area contributed by atoms with E-state index in [1.807, 2.05) is 60.0 Å². The molecule has 0 radical (unpaired) electrons. The Kier molecular flexibility index (Phi) is 10.4. The number of amidine groups is 1. The number of unbranched alkanes of at least 4 members (excludes halogenated alkanes) is 1. The molecule has 1 aromatic heterocycles. The monoisotopic (exact) mass is 665 g/mol. The molecule has 3 aromatic rings. The zero-order valence-corrected chi connectivity index (χ0v) is 28.0. The van der Waals surface area contributed by atoms with Crippen molar-refractivity contribution in [1.29, 1.82) is 0 Å². The van der Waals surface area contributed by atoms with Crippen molar-refractivity contribution < 1.29 is 19.5 Å². The fourth-order valence-electron chi connectivity index (χ4n) is 7.88. The molecular weight excluding hydrogens is 622 g/mol. The number of benzene rings is 2. The van der Waals surface area contributed by atoms with Crippen molar-refractivity contribution in [2.45, 2.75) is 90.9 Å². The van der Waals surface area contributed by atoms with Gasteiger partial charge in [0.2, 0.25) is 0 Å². The maximum atomic E-state index is 13.7. The van der Waals surface area contributed by atoms with Crippen LogP contribution in [0.5, 0.6) is 0 Å². The maximum Gasteiger partial charge on any atom is 0.312 e. The number of esters is 1. The number of halogens is 1. The van der Waals surface area contributed by atoms with Crippen LogP contribution in [0.25, 0.3) is 11.1 Å². The number of nitrogens with one attached hydrogen (secondary N) is 1. The highest BCUT2D eigenvalue weighted by Gasteiger charge is 2.55. The Hall–Kier alpha value is -4.16. The molecule has 4 unspecified atom stereocenters. The molecule has 1 heterocycles. The summed E-state index contributed by atoms with van der Waals surface area (Å²) in [4.78, 5) is 35.1. The third-order valence-electron chi connectivity index (χ3n) is 9.58. The molecule has 2 aromatic carbocycles. The fourth-order valence-corrected chi connectivity index (χ4v) is 8.14. The van der Waals surface area contributed by atoms with Gasteiger partial charge in [-0.05, 0) is 74.0 Å². The number of aromatic nitrogens is 2. The minimum atomic E-state index is -0.975. The Labute approximate surface area is 279 Å². The predicted molar refractivity (Wildman–Crippen MR) is 179 cm³/mol. The second-order valence-electron chi connectivity index (χ2n) is 13.5. The minimum absolute atomic E-state index is 0.0602. The SMILES string of the molecule is CCCCc1nc(Cl)c(COC(=O)C2(C)CC3CC(C)CC(O[N+](=O)[O-])(C3)C2)n1Cc1ccc(-c2ccccc2/C(=N/N)NN)cc1. The zero-order valence-electron chi connectivity index (χ0n) is 27.2. The van der Waals surface area contributed by atoms with Gasteiger partial charge in [0.25, 0.3) is 5.09 Å². The predicted octanol–water partition coefficient (Wildman–Crippen LogP) is 5.90. The Balaban J connectivity index is 1.36. The van der Waals surface area contributed by atoms with Crippen molar-refractivity contribution in [3.05, 3.63) is 86.4 Å². The van der Waals surface area contributed by atoms with Crippen LogP contribution < -0.4 is 17.1 Å². The van der Waals surface area contributed by atoms with Gasteiger partial charge in [-0.25, -0.2) is 10.8 Å². The van der Waals surface area contributed by atoms with Crippen molar-refractivity contribution in [3.63, 3.8) is 0 Å². The lowest BCUT2D eigenvalue weighted by atomic mass is 9.57. The summed E-state index contributed by atoms with van der Waals surface area (Å²) in [6, 6.07) is 15.8. The number of fused-ring (bicyclic) bond motifs is 2. The number of hydrazine groups is 1. The molecule has 0 saturated heterocycles. The molecule has 2 aliphatic rings. The van der Waals surface area contributed by atoms with Crippen molar-refractivity contribution in [1.82, 2.24) is 15.0 Å². The molecule has 252 valence electrons. The molecule has 4 atom stereocenters. The van der Waals surface area contributed by atoms with E-state index in [0.29, 0.717) is 42.5 Å². The van der Waals surface area contributed by atoms with E-state index >= 15 is 0 Å². The standard InChI is InChI=1S/C34H44ClN7O5/c1-4-5-10-29-38-30(35)28(20-46-32(43)33(3)17-24-15-22(2)16-34(18-24,21-33)47-42(44)45)41(29)19-23-11-13-25(14-12-23)26-8-6-7-9-27(26)31(39-36)40-37/h6-9,11-14,22,24H,4-5,10,15-21,36-37H2,1-3H3,(H,39,40). The highest BCUT2D eigenvalue weighted by atomic mass is 35.5. The van der Waals surface area contributed by atoms with Crippen LogP contribution in [-0.4, -0.2) is 32.0 Å². The summed E-state index contributed by atoms with van der Waals surface area (Å²) in [5.74, 6) is 12.4. The lowest BCUT2D eigenvalue weighted by Crippen LogP contribution is -2.53. The Morgan fingerprint density at radius 3 is 2.64 bits per heavy atom. The van der Waals surface area contributed by atoms with Crippen LogP contribution in [0, 0.1) is 27.4 Å². The summed E-state index contributed by atoms with van der Waals surface area (Å²) in [7, 11) is 0. The van der Waals surface area contributed by atoms with Crippen molar-refractivity contribution >= 4 is 23.4 Å². The molecule has 2 bridgehead atoms. The average molecular weight is 666 g/mol. The first-order chi connectivity index (χ1) is 22.5. The molecule has 13 heteroatoms. The van der Waals surface area contributed by atoms with E-state index in [2.05, 4.69) is 29.4 Å². The van der Waals surface area contributed by atoms with Gasteiger partial charge >= 0.3 is 5.97 Å². The number of aryl methyl sites for hydroxylation is 1. The summed E-state index contributed by atoms with van der Waals surface area (Å²) >= 11 is 6.70. The zero-order chi connectivity index (χ0) is 33.8. The van der Waals surface area contributed by atoms with Gasteiger partial charge in [0.15, 0.2) is 11.0 Å². The van der Waals surface area contributed by atoms with Gasteiger partial charge in [-0.15, -0.1) is 10.1 Å². The van der Waals surface area contributed by atoms with Crippen LogP contribution in [0.2, 0.25) is 5.15 Å². The van der Waals surface area contributed by atoms with Gasteiger partial charge in [-0.3, -0.25) is 4.79 Å². The highest BCUT2D eigenvalue weighted by Crippen LogP contribution is 2.54. The number of carbonyl (C=O) groups excluding carboxylic acids is 1. The molecule has 12 nitrogen and oxygen atoms in total. The Bertz CT molecular complexity index is 1620. The molecule has 47 heavy (non-hydrogen) atoms. The summed E-state index contributed by atoms with van der Waals surface area (Å²) in [5, 5.41) is 14.8. The molecule has 0 aliphatic heterocycles. The van der Waals surface area contributed by atoms with Crippen LogP contribution >= 0.6 is 11.6 Å². The van der Waals surface area contributed by atoms with E-state index in [-0.39, 0.29) is 24.9 Å². The number of nitrogens with zero attached hydrogens (tertiary/aromatic N) is 4. The van der Waals surface area contributed by atoms with E-state index in [0.717, 1.165) is 53.8 Å². The molecule has 2 aliphatic carbocycles. The number of imidazole rings is 1.